The Labute approximate surface area is 105 Å². The highest BCUT2D eigenvalue weighted by Crippen LogP contribution is 2.29. The molecule has 1 saturated heterocycles. The summed E-state index contributed by atoms with van der Waals surface area (Å²) in [6.07, 6.45) is 13.7. The monoisotopic (exact) mass is 240 g/mol. The van der Waals surface area contributed by atoms with Crippen molar-refractivity contribution in [3.63, 3.8) is 0 Å². The van der Waals surface area contributed by atoms with Gasteiger partial charge in [0.2, 0.25) is 0 Å². The van der Waals surface area contributed by atoms with Gasteiger partial charge in [0, 0.05) is 12.6 Å². The zero-order valence-electron chi connectivity index (χ0n) is 11.0. The molecule has 2 rings (SSSR count). The van der Waals surface area contributed by atoms with Gasteiger partial charge in [-0.1, -0.05) is 32.1 Å². The van der Waals surface area contributed by atoms with E-state index in [9.17, 15) is 0 Å². The summed E-state index contributed by atoms with van der Waals surface area (Å²) in [6, 6.07) is 0.459. The second-order valence-corrected chi connectivity index (χ2v) is 5.83. The van der Waals surface area contributed by atoms with E-state index in [0.29, 0.717) is 12.1 Å². The van der Waals surface area contributed by atoms with E-state index in [1.165, 1.54) is 57.8 Å². The Morgan fingerprint density at radius 2 is 1.76 bits per heavy atom. The Morgan fingerprint density at radius 1 is 1.00 bits per heavy atom. The topological polar surface area (TPSA) is 47.3 Å². The highest BCUT2D eigenvalue weighted by atomic mass is 16.5. The van der Waals surface area contributed by atoms with Crippen LogP contribution in [0.1, 0.15) is 64.2 Å². The maximum absolute atomic E-state index is 5.80. The third kappa shape index (κ3) is 4.57. The van der Waals surface area contributed by atoms with Gasteiger partial charge in [-0.05, 0) is 38.0 Å². The smallest absolute Gasteiger partial charge is 0.0590 e. The molecule has 1 aliphatic heterocycles. The lowest BCUT2D eigenvalue weighted by atomic mass is 9.83. The minimum atomic E-state index is 0.452. The summed E-state index contributed by atoms with van der Waals surface area (Å²) < 4.78 is 5.80. The Bertz CT molecular complexity index is 178. The summed E-state index contributed by atoms with van der Waals surface area (Å²) in [5.74, 6) is 6.60. The van der Waals surface area contributed by atoms with Gasteiger partial charge in [0.1, 0.15) is 0 Å². The van der Waals surface area contributed by atoms with Crippen LogP contribution in [-0.2, 0) is 4.74 Å². The van der Waals surface area contributed by atoms with Crippen molar-refractivity contribution >= 4 is 0 Å². The fourth-order valence-corrected chi connectivity index (χ4v) is 3.37. The number of nitrogens with two attached hydrogens (primary N) is 1. The molecule has 3 heteroatoms. The standard InChI is InChI=1S/C14H28N2O/c15-16-13(10-12-6-2-1-3-7-12)11-14-8-4-5-9-17-14/h12-14,16H,1-11,15H2. The molecule has 100 valence electrons. The fourth-order valence-electron chi connectivity index (χ4n) is 3.37. The average Bonchev–Trinajstić information content (AvgIpc) is 2.40. The summed E-state index contributed by atoms with van der Waals surface area (Å²) in [5.41, 5.74) is 3.02. The van der Waals surface area contributed by atoms with Gasteiger partial charge < -0.3 is 4.74 Å². The molecular weight excluding hydrogens is 212 g/mol. The maximum Gasteiger partial charge on any atom is 0.0590 e. The van der Waals surface area contributed by atoms with Crippen molar-refractivity contribution in [1.29, 1.82) is 0 Å². The van der Waals surface area contributed by atoms with Crippen molar-refractivity contribution in [2.24, 2.45) is 11.8 Å². The van der Waals surface area contributed by atoms with Gasteiger partial charge in [0.25, 0.3) is 0 Å². The lowest BCUT2D eigenvalue weighted by Crippen LogP contribution is -2.40. The Hall–Kier alpha value is -0.120. The first kappa shape index (κ1) is 13.3. The second kappa shape index (κ2) is 7.34. The van der Waals surface area contributed by atoms with Gasteiger partial charge >= 0.3 is 0 Å². The number of nitrogens with one attached hydrogen (secondary N) is 1. The van der Waals surface area contributed by atoms with Crippen LogP contribution in [0, 0.1) is 5.92 Å². The van der Waals surface area contributed by atoms with E-state index in [0.717, 1.165) is 18.9 Å². The number of hydrazine groups is 1. The largest absolute Gasteiger partial charge is 0.378 e. The minimum Gasteiger partial charge on any atom is -0.378 e. The molecule has 2 fully saturated rings. The summed E-state index contributed by atoms with van der Waals surface area (Å²) in [4.78, 5) is 0. The lowest BCUT2D eigenvalue weighted by Gasteiger charge is -2.30. The Balaban J connectivity index is 1.71. The maximum atomic E-state index is 5.80. The molecule has 2 atom stereocenters. The van der Waals surface area contributed by atoms with Gasteiger partial charge in [0.05, 0.1) is 6.10 Å². The van der Waals surface area contributed by atoms with Gasteiger partial charge in [-0.25, -0.2) is 0 Å². The van der Waals surface area contributed by atoms with Crippen LogP contribution in [0.3, 0.4) is 0 Å². The molecule has 3 nitrogen and oxygen atoms in total. The molecule has 1 heterocycles. The van der Waals surface area contributed by atoms with E-state index in [4.69, 9.17) is 10.6 Å². The minimum absolute atomic E-state index is 0.452. The van der Waals surface area contributed by atoms with Gasteiger partial charge in [-0.2, -0.15) is 0 Å². The molecule has 0 radical (unpaired) electrons. The van der Waals surface area contributed by atoms with Crippen LogP contribution in [0.2, 0.25) is 0 Å². The first-order chi connectivity index (χ1) is 8.38. The molecule has 0 aromatic heterocycles. The first-order valence-electron chi connectivity index (χ1n) is 7.46. The van der Waals surface area contributed by atoms with Gasteiger partial charge in [-0.3, -0.25) is 11.3 Å². The number of hydrogen-bond donors (Lipinski definition) is 2. The van der Waals surface area contributed by atoms with E-state index in [2.05, 4.69) is 5.43 Å². The first-order valence-corrected chi connectivity index (χ1v) is 7.46. The van der Waals surface area contributed by atoms with Crippen LogP contribution in [-0.4, -0.2) is 18.8 Å². The van der Waals surface area contributed by atoms with E-state index in [-0.39, 0.29) is 0 Å². The van der Waals surface area contributed by atoms with Crippen molar-refractivity contribution in [3.8, 4) is 0 Å². The molecule has 1 saturated carbocycles. The third-order valence-electron chi connectivity index (χ3n) is 4.40. The predicted octanol–water partition coefficient (Wildman–Crippen LogP) is 2.75. The van der Waals surface area contributed by atoms with E-state index >= 15 is 0 Å². The molecule has 1 aliphatic carbocycles. The zero-order valence-corrected chi connectivity index (χ0v) is 11.0. The average molecular weight is 240 g/mol. The van der Waals surface area contributed by atoms with Crippen LogP contribution in [0.4, 0.5) is 0 Å². The molecule has 0 bridgehead atoms. The summed E-state index contributed by atoms with van der Waals surface area (Å²) in [7, 11) is 0. The van der Waals surface area contributed by atoms with E-state index in [1.54, 1.807) is 0 Å². The van der Waals surface area contributed by atoms with Crippen molar-refractivity contribution in [1.82, 2.24) is 5.43 Å². The normalized spacial score (nSPS) is 29.1. The van der Waals surface area contributed by atoms with Crippen LogP contribution in [0.25, 0.3) is 0 Å². The highest BCUT2D eigenvalue weighted by Gasteiger charge is 2.22. The molecule has 0 amide bonds. The van der Waals surface area contributed by atoms with Crippen molar-refractivity contribution in [3.05, 3.63) is 0 Å². The zero-order chi connectivity index (χ0) is 11.9. The molecule has 0 aromatic carbocycles. The fraction of sp³-hybridized carbons (Fsp3) is 1.00. The van der Waals surface area contributed by atoms with Gasteiger partial charge in [0.15, 0.2) is 0 Å². The Morgan fingerprint density at radius 3 is 2.41 bits per heavy atom. The second-order valence-electron chi connectivity index (χ2n) is 5.83. The van der Waals surface area contributed by atoms with Crippen molar-refractivity contribution in [2.75, 3.05) is 6.61 Å². The molecular formula is C14H28N2O. The lowest BCUT2D eigenvalue weighted by molar-refractivity contribution is 0.00333. The van der Waals surface area contributed by atoms with E-state index in [1.807, 2.05) is 0 Å². The summed E-state index contributed by atoms with van der Waals surface area (Å²) in [5, 5.41) is 0. The molecule has 2 unspecified atom stereocenters. The molecule has 17 heavy (non-hydrogen) atoms. The van der Waals surface area contributed by atoms with Crippen molar-refractivity contribution < 1.29 is 4.74 Å². The molecule has 3 N–H and O–H groups in total. The van der Waals surface area contributed by atoms with Crippen LogP contribution >= 0.6 is 0 Å². The number of ether oxygens (including phenoxy) is 1. The summed E-state index contributed by atoms with van der Waals surface area (Å²) in [6.45, 7) is 0.950. The predicted molar refractivity (Wildman–Crippen MR) is 70.5 cm³/mol. The highest BCUT2D eigenvalue weighted by molar-refractivity contribution is 4.77. The van der Waals surface area contributed by atoms with Gasteiger partial charge in [-0.15, -0.1) is 0 Å². The van der Waals surface area contributed by atoms with Crippen LogP contribution < -0.4 is 11.3 Å². The molecule has 0 spiro atoms. The summed E-state index contributed by atoms with van der Waals surface area (Å²) >= 11 is 0. The van der Waals surface area contributed by atoms with Crippen LogP contribution in [0.15, 0.2) is 0 Å². The SMILES string of the molecule is NNC(CC1CCCCC1)CC1CCCCO1. The quantitative estimate of drug-likeness (QED) is 0.574. The molecule has 0 aromatic rings. The van der Waals surface area contributed by atoms with Crippen LogP contribution in [0.5, 0.6) is 0 Å². The number of hydrogen-bond acceptors (Lipinski definition) is 3. The Kier molecular flexibility index (Phi) is 5.75. The van der Waals surface area contributed by atoms with E-state index < -0.39 is 0 Å². The van der Waals surface area contributed by atoms with Crippen molar-refractivity contribution in [2.45, 2.75) is 76.4 Å². The number of rotatable bonds is 5. The third-order valence-corrected chi connectivity index (χ3v) is 4.40. The molecule has 2 aliphatic rings.